The van der Waals surface area contributed by atoms with Crippen molar-refractivity contribution in [2.45, 2.75) is 83.5 Å². The minimum atomic E-state index is -0.451. The Morgan fingerprint density at radius 1 is 1.11 bits per heavy atom. The number of carbonyl (C=O) groups is 1. The number of ether oxygens (including phenoxy) is 1. The first-order valence-corrected chi connectivity index (χ1v) is 11.2. The standard InChI is InChI=1S/C22H32Cl2N2O2/c1-22(2,3)28-21(27)25-13-11-18(12-14-25)26(17-8-4-5-9-17)15-16-7-6-10-19(23)20(16)24/h6-7,10,17-18H,4-5,8-9,11-15H2,1-3H3. The lowest BCUT2D eigenvalue weighted by Crippen LogP contribution is -2.50. The van der Waals surface area contributed by atoms with Gasteiger partial charge < -0.3 is 9.64 Å². The summed E-state index contributed by atoms with van der Waals surface area (Å²) in [5.41, 5.74) is 0.642. The summed E-state index contributed by atoms with van der Waals surface area (Å²) in [5.74, 6) is 0. The summed E-state index contributed by atoms with van der Waals surface area (Å²) in [5, 5.41) is 1.28. The second-order valence-electron chi connectivity index (χ2n) is 9.02. The molecule has 0 aromatic heterocycles. The summed E-state index contributed by atoms with van der Waals surface area (Å²) in [6.45, 7) is 8.04. The molecule has 0 spiro atoms. The van der Waals surface area contributed by atoms with Crippen LogP contribution in [-0.4, -0.2) is 46.7 Å². The molecule has 1 saturated heterocycles. The van der Waals surface area contributed by atoms with Crippen LogP contribution in [0.25, 0.3) is 0 Å². The van der Waals surface area contributed by atoms with Crippen molar-refractivity contribution in [2.24, 2.45) is 0 Å². The average molecular weight is 427 g/mol. The summed E-state index contributed by atoms with van der Waals surface area (Å²) in [7, 11) is 0. The van der Waals surface area contributed by atoms with Crippen LogP contribution in [0.2, 0.25) is 10.0 Å². The maximum absolute atomic E-state index is 12.4. The van der Waals surface area contributed by atoms with E-state index in [2.05, 4.69) is 11.0 Å². The van der Waals surface area contributed by atoms with Crippen LogP contribution in [0.4, 0.5) is 4.79 Å². The van der Waals surface area contributed by atoms with Gasteiger partial charge in [0.05, 0.1) is 10.0 Å². The minimum Gasteiger partial charge on any atom is -0.444 e. The van der Waals surface area contributed by atoms with Crippen molar-refractivity contribution in [1.29, 1.82) is 0 Å². The molecule has 0 radical (unpaired) electrons. The molecule has 2 fully saturated rings. The summed E-state index contributed by atoms with van der Waals surface area (Å²) in [4.78, 5) is 16.8. The topological polar surface area (TPSA) is 32.8 Å². The molecule has 156 valence electrons. The van der Waals surface area contributed by atoms with Crippen molar-refractivity contribution in [3.63, 3.8) is 0 Å². The average Bonchev–Trinajstić information content (AvgIpc) is 3.16. The predicted molar refractivity (Wildman–Crippen MR) is 115 cm³/mol. The van der Waals surface area contributed by atoms with Crippen molar-refractivity contribution in [3.8, 4) is 0 Å². The molecule has 2 aliphatic rings. The second-order valence-corrected chi connectivity index (χ2v) is 9.81. The highest BCUT2D eigenvalue weighted by molar-refractivity contribution is 6.42. The van der Waals surface area contributed by atoms with Gasteiger partial charge in [0.1, 0.15) is 5.60 Å². The van der Waals surface area contributed by atoms with Crippen LogP contribution in [0.5, 0.6) is 0 Å². The fourth-order valence-corrected chi connectivity index (χ4v) is 4.75. The summed E-state index contributed by atoms with van der Waals surface area (Å²) >= 11 is 12.7. The monoisotopic (exact) mass is 426 g/mol. The number of nitrogens with zero attached hydrogens (tertiary/aromatic N) is 2. The van der Waals surface area contributed by atoms with E-state index in [1.807, 2.05) is 37.8 Å². The van der Waals surface area contributed by atoms with Crippen LogP contribution in [-0.2, 0) is 11.3 Å². The van der Waals surface area contributed by atoms with Gasteiger partial charge in [0, 0.05) is 31.7 Å². The van der Waals surface area contributed by atoms with Gasteiger partial charge in [-0.1, -0.05) is 48.2 Å². The fourth-order valence-electron chi connectivity index (χ4n) is 4.37. The zero-order valence-electron chi connectivity index (χ0n) is 17.2. The number of benzene rings is 1. The second kappa shape index (κ2) is 9.23. The largest absolute Gasteiger partial charge is 0.444 e. The van der Waals surface area contributed by atoms with Crippen molar-refractivity contribution in [1.82, 2.24) is 9.80 Å². The van der Waals surface area contributed by atoms with E-state index in [1.165, 1.54) is 25.7 Å². The number of piperidine rings is 1. The van der Waals surface area contributed by atoms with Gasteiger partial charge in [0.15, 0.2) is 0 Å². The SMILES string of the molecule is CC(C)(C)OC(=O)N1CCC(N(Cc2cccc(Cl)c2Cl)C2CCCC2)CC1. The highest BCUT2D eigenvalue weighted by atomic mass is 35.5. The molecule has 3 rings (SSSR count). The lowest BCUT2D eigenvalue weighted by atomic mass is 9.99. The Morgan fingerprint density at radius 3 is 2.32 bits per heavy atom. The first-order chi connectivity index (χ1) is 13.2. The molecular weight excluding hydrogens is 395 g/mol. The van der Waals surface area contributed by atoms with Gasteiger partial charge >= 0.3 is 6.09 Å². The number of rotatable bonds is 4. The quantitative estimate of drug-likeness (QED) is 0.579. The number of halogens is 2. The Hall–Kier alpha value is -0.970. The summed E-state index contributed by atoms with van der Waals surface area (Å²) in [6.07, 6.45) is 6.80. The molecule has 1 aliphatic carbocycles. The number of amides is 1. The Labute approximate surface area is 179 Å². The first-order valence-electron chi connectivity index (χ1n) is 10.4. The zero-order chi connectivity index (χ0) is 20.3. The van der Waals surface area contributed by atoms with Gasteiger partial charge in [-0.15, -0.1) is 0 Å². The van der Waals surface area contributed by atoms with Gasteiger partial charge in [-0.2, -0.15) is 0 Å². The molecule has 6 heteroatoms. The lowest BCUT2D eigenvalue weighted by Gasteiger charge is -2.42. The highest BCUT2D eigenvalue weighted by Crippen LogP contribution is 2.33. The molecule has 28 heavy (non-hydrogen) atoms. The molecule has 0 bridgehead atoms. The van der Waals surface area contributed by atoms with Crippen LogP contribution in [0.3, 0.4) is 0 Å². The minimum absolute atomic E-state index is 0.198. The van der Waals surface area contributed by atoms with E-state index in [0.29, 0.717) is 22.1 Å². The van der Waals surface area contributed by atoms with Gasteiger partial charge in [0.2, 0.25) is 0 Å². The summed E-state index contributed by atoms with van der Waals surface area (Å²) in [6, 6.07) is 6.94. The molecule has 1 aromatic rings. The lowest BCUT2D eigenvalue weighted by molar-refractivity contribution is 0.00989. The van der Waals surface area contributed by atoms with E-state index in [9.17, 15) is 4.79 Å². The molecule has 0 N–H and O–H groups in total. The van der Waals surface area contributed by atoms with E-state index < -0.39 is 5.60 Å². The van der Waals surface area contributed by atoms with Crippen LogP contribution < -0.4 is 0 Å². The van der Waals surface area contributed by atoms with E-state index in [4.69, 9.17) is 27.9 Å². The van der Waals surface area contributed by atoms with Crippen molar-refractivity contribution < 1.29 is 9.53 Å². The van der Waals surface area contributed by atoms with Crippen LogP contribution in [0, 0.1) is 0 Å². The smallest absolute Gasteiger partial charge is 0.410 e. The Bertz CT molecular complexity index is 676. The Morgan fingerprint density at radius 2 is 1.71 bits per heavy atom. The molecule has 1 saturated carbocycles. The first kappa shape index (κ1) is 21.7. The highest BCUT2D eigenvalue weighted by Gasteiger charge is 2.33. The predicted octanol–water partition coefficient (Wildman–Crippen LogP) is 6.14. The van der Waals surface area contributed by atoms with Crippen molar-refractivity contribution in [2.75, 3.05) is 13.1 Å². The third-order valence-corrected chi connectivity index (χ3v) is 6.62. The molecule has 1 aliphatic heterocycles. The van der Waals surface area contributed by atoms with E-state index in [-0.39, 0.29) is 6.09 Å². The number of carbonyl (C=O) groups excluding carboxylic acids is 1. The van der Waals surface area contributed by atoms with Crippen molar-refractivity contribution in [3.05, 3.63) is 33.8 Å². The molecule has 1 aromatic carbocycles. The van der Waals surface area contributed by atoms with E-state index in [0.717, 1.165) is 38.0 Å². The summed E-state index contributed by atoms with van der Waals surface area (Å²) < 4.78 is 5.54. The van der Waals surface area contributed by atoms with Crippen LogP contribution >= 0.6 is 23.2 Å². The van der Waals surface area contributed by atoms with E-state index >= 15 is 0 Å². The maximum Gasteiger partial charge on any atom is 0.410 e. The molecule has 0 atom stereocenters. The normalized spacial score (nSPS) is 19.4. The number of hydrogen-bond donors (Lipinski definition) is 0. The molecule has 0 unspecified atom stereocenters. The molecular formula is C22H32Cl2N2O2. The third-order valence-electron chi connectivity index (χ3n) is 5.76. The third kappa shape index (κ3) is 5.55. The molecule has 1 heterocycles. The molecule has 1 amide bonds. The van der Waals surface area contributed by atoms with Gasteiger partial charge in [-0.25, -0.2) is 4.79 Å². The van der Waals surface area contributed by atoms with Crippen LogP contribution in [0.1, 0.15) is 64.9 Å². The number of hydrogen-bond acceptors (Lipinski definition) is 3. The Kier molecular flexibility index (Phi) is 7.17. The van der Waals surface area contributed by atoms with Crippen molar-refractivity contribution >= 4 is 29.3 Å². The van der Waals surface area contributed by atoms with Crippen LogP contribution in [0.15, 0.2) is 18.2 Å². The molecule has 4 nitrogen and oxygen atoms in total. The number of likely N-dealkylation sites (tertiary alicyclic amines) is 1. The van der Waals surface area contributed by atoms with Gasteiger partial charge in [0.25, 0.3) is 0 Å². The van der Waals surface area contributed by atoms with Gasteiger partial charge in [-0.05, 0) is 58.1 Å². The maximum atomic E-state index is 12.4. The Balaban J connectivity index is 1.67. The fraction of sp³-hybridized carbons (Fsp3) is 0.682. The zero-order valence-corrected chi connectivity index (χ0v) is 18.7. The van der Waals surface area contributed by atoms with Gasteiger partial charge in [-0.3, -0.25) is 4.90 Å². The van der Waals surface area contributed by atoms with E-state index in [1.54, 1.807) is 0 Å².